The maximum absolute atomic E-state index is 5.80. The van der Waals surface area contributed by atoms with Gasteiger partial charge in [-0.15, -0.1) is 0 Å². The summed E-state index contributed by atoms with van der Waals surface area (Å²) in [6, 6.07) is 7.68. The van der Waals surface area contributed by atoms with Crippen molar-refractivity contribution in [1.29, 1.82) is 0 Å². The van der Waals surface area contributed by atoms with Gasteiger partial charge in [0.1, 0.15) is 18.1 Å². The molecule has 0 saturated heterocycles. The molecule has 0 aliphatic heterocycles. The van der Waals surface area contributed by atoms with E-state index >= 15 is 0 Å². The second-order valence-electron chi connectivity index (χ2n) is 4.42. The largest absolute Gasteiger partial charge is 0.493 e. The highest BCUT2D eigenvalue weighted by atomic mass is 16.5. The lowest BCUT2D eigenvalue weighted by Gasteiger charge is -2.13. The van der Waals surface area contributed by atoms with Gasteiger partial charge >= 0.3 is 0 Å². The fraction of sp³-hybridized carbons (Fsp3) is 0.400. The summed E-state index contributed by atoms with van der Waals surface area (Å²) in [6.45, 7) is 3.87. The van der Waals surface area contributed by atoms with E-state index in [0.29, 0.717) is 19.0 Å². The van der Waals surface area contributed by atoms with Gasteiger partial charge in [-0.05, 0) is 19.5 Å². The molecular weight excluding hydrogens is 256 g/mol. The van der Waals surface area contributed by atoms with Gasteiger partial charge in [-0.3, -0.25) is 0 Å². The summed E-state index contributed by atoms with van der Waals surface area (Å²) in [5.41, 5.74) is 1.08. The van der Waals surface area contributed by atoms with Crippen molar-refractivity contribution < 1.29 is 14.0 Å². The highest BCUT2D eigenvalue weighted by Crippen LogP contribution is 2.26. The molecule has 0 aliphatic carbocycles. The van der Waals surface area contributed by atoms with E-state index in [1.165, 1.54) is 0 Å². The van der Waals surface area contributed by atoms with Gasteiger partial charge in [-0.1, -0.05) is 18.1 Å². The summed E-state index contributed by atoms with van der Waals surface area (Å²) in [5.74, 6) is 2.31. The lowest BCUT2D eigenvalue weighted by molar-refractivity contribution is 0.245. The Bertz CT molecular complexity index is 512. The first-order chi connectivity index (χ1) is 9.83. The minimum Gasteiger partial charge on any atom is -0.493 e. The SMILES string of the molecule is CCCOc1ccc(CNC)c(OCc2ccno2)c1. The van der Waals surface area contributed by atoms with Crippen LogP contribution in [0.2, 0.25) is 0 Å². The van der Waals surface area contributed by atoms with Crippen LogP contribution in [0.5, 0.6) is 11.5 Å². The van der Waals surface area contributed by atoms with E-state index in [2.05, 4.69) is 17.4 Å². The molecule has 0 spiro atoms. The van der Waals surface area contributed by atoms with Gasteiger partial charge in [0, 0.05) is 24.2 Å². The minimum absolute atomic E-state index is 0.355. The Morgan fingerprint density at radius 3 is 2.85 bits per heavy atom. The molecule has 0 bridgehead atoms. The predicted octanol–water partition coefficient (Wildman–Crippen LogP) is 2.76. The molecule has 2 rings (SSSR count). The molecule has 5 nitrogen and oxygen atoms in total. The average Bonchev–Trinajstić information content (AvgIpc) is 2.98. The first kappa shape index (κ1) is 14.4. The molecule has 20 heavy (non-hydrogen) atoms. The molecule has 1 aromatic carbocycles. The molecule has 2 aromatic rings. The van der Waals surface area contributed by atoms with Crippen LogP contribution in [0, 0.1) is 0 Å². The zero-order valence-corrected chi connectivity index (χ0v) is 11.9. The highest BCUT2D eigenvalue weighted by molar-refractivity contribution is 5.40. The fourth-order valence-corrected chi connectivity index (χ4v) is 1.78. The van der Waals surface area contributed by atoms with Crippen LogP contribution in [0.4, 0.5) is 0 Å². The maximum atomic E-state index is 5.80. The molecule has 108 valence electrons. The van der Waals surface area contributed by atoms with Gasteiger partial charge in [-0.2, -0.15) is 0 Å². The van der Waals surface area contributed by atoms with Crippen molar-refractivity contribution in [3.63, 3.8) is 0 Å². The number of rotatable bonds is 8. The summed E-state index contributed by atoms with van der Waals surface area (Å²) in [4.78, 5) is 0. The average molecular weight is 276 g/mol. The lowest BCUT2D eigenvalue weighted by atomic mass is 10.2. The van der Waals surface area contributed by atoms with Crippen molar-refractivity contribution in [3.05, 3.63) is 41.8 Å². The quantitative estimate of drug-likeness (QED) is 0.803. The highest BCUT2D eigenvalue weighted by Gasteiger charge is 2.07. The molecule has 0 radical (unpaired) electrons. The molecule has 5 heteroatoms. The van der Waals surface area contributed by atoms with E-state index in [1.54, 1.807) is 12.3 Å². The standard InChI is InChI=1S/C15H20N2O3/c1-3-8-18-13-5-4-12(10-16-2)15(9-13)19-11-14-6-7-17-20-14/h4-7,9,16H,3,8,10-11H2,1-2H3. The molecule has 1 aromatic heterocycles. The first-order valence-corrected chi connectivity index (χ1v) is 6.76. The Labute approximate surface area is 118 Å². The van der Waals surface area contributed by atoms with Crippen LogP contribution in [0.1, 0.15) is 24.7 Å². The number of nitrogens with zero attached hydrogens (tertiary/aromatic N) is 1. The topological polar surface area (TPSA) is 56.5 Å². The van der Waals surface area contributed by atoms with Crippen LogP contribution in [-0.4, -0.2) is 18.8 Å². The van der Waals surface area contributed by atoms with E-state index < -0.39 is 0 Å². The third-order valence-electron chi connectivity index (χ3n) is 2.74. The Morgan fingerprint density at radius 2 is 2.15 bits per heavy atom. The predicted molar refractivity (Wildman–Crippen MR) is 75.8 cm³/mol. The lowest BCUT2D eigenvalue weighted by Crippen LogP contribution is -2.08. The van der Waals surface area contributed by atoms with E-state index in [4.69, 9.17) is 14.0 Å². The van der Waals surface area contributed by atoms with Crippen molar-refractivity contribution in [1.82, 2.24) is 10.5 Å². The van der Waals surface area contributed by atoms with E-state index in [9.17, 15) is 0 Å². The number of hydrogen-bond acceptors (Lipinski definition) is 5. The van der Waals surface area contributed by atoms with Crippen molar-refractivity contribution in [3.8, 4) is 11.5 Å². The van der Waals surface area contributed by atoms with Crippen LogP contribution in [-0.2, 0) is 13.2 Å². The van der Waals surface area contributed by atoms with Crippen LogP contribution < -0.4 is 14.8 Å². The molecule has 1 heterocycles. The molecule has 0 saturated carbocycles. The minimum atomic E-state index is 0.355. The molecule has 0 amide bonds. The third-order valence-corrected chi connectivity index (χ3v) is 2.74. The van der Waals surface area contributed by atoms with E-state index in [0.717, 1.165) is 30.0 Å². The van der Waals surface area contributed by atoms with E-state index in [-0.39, 0.29) is 0 Å². The van der Waals surface area contributed by atoms with Gasteiger partial charge in [0.15, 0.2) is 5.76 Å². The first-order valence-electron chi connectivity index (χ1n) is 6.76. The van der Waals surface area contributed by atoms with Crippen molar-refractivity contribution >= 4 is 0 Å². The molecule has 1 N–H and O–H groups in total. The van der Waals surface area contributed by atoms with Crippen LogP contribution in [0.15, 0.2) is 35.0 Å². The number of nitrogens with one attached hydrogen (secondary N) is 1. The van der Waals surface area contributed by atoms with Gasteiger partial charge in [-0.25, -0.2) is 0 Å². The molecule has 0 unspecified atom stereocenters. The smallest absolute Gasteiger partial charge is 0.174 e. The van der Waals surface area contributed by atoms with Crippen molar-refractivity contribution in [2.45, 2.75) is 26.5 Å². The Balaban J connectivity index is 2.08. The third kappa shape index (κ3) is 3.99. The van der Waals surface area contributed by atoms with Gasteiger partial charge in [0.2, 0.25) is 0 Å². The molecule has 0 fully saturated rings. The fourth-order valence-electron chi connectivity index (χ4n) is 1.78. The zero-order valence-electron chi connectivity index (χ0n) is 11.9. The Hall–Kier alpha value is -2.01. The number of aromatic nitrogens is 1. The number of hydrogen-bond donors (Lipinski definition) is 1. The monoisotopic (exact) mass is 276 g/mol. The summed E-state index contributed by atoms with van der Waals surface area (Å²) in [7, 11) is 1.90. The summed E-state index contributed by atoms with van der Waals surface area (Å²) < 4.78 is 16.5. The zero-order chi connectivity index (χ0) is 14.2. The van der Waals surface area contributed by atoms with Crippen LogP contribution in [0.3, 0.4) is 0 Å². The van der Waals surface area contributed by atoms with E-state index in [1.807, 2.05) is 25.2 Å². The summed E-state index contributed by atoms with van der Waals surface area (Å²) >= 11 is 0. The molecule has 0 aliphatic rings. The van der Waals surface area contributed by atoms with Crippen molar-refractivity contribution in [2.75, 3.05) is 13.7 Å². The van der Waals surface area contributed by atoms with Gasteiger partial charge < -0.3 is 19.3 Å². The summed E-state index contributed by atoms with van der Waals surface area (Å²) in [6.07, 6.45) is 2.58. The second kappa shape index (κ2) is 7.55. The van der Waals surface area contributed by atoms with Crippen LogP contribution in [0.25, 0.3) is 0 Å². The van der Waals surface area contributed by atoms with Gasteiger partial charge in [0.25, 0.3) is 0 Å². The Morgan fingerprint density at radius 1 is 1.25 bits per heavy atom. The second-order valence-corrected chi connectivity index (χ2v) is 4.42. The molecule has 0 atom stereocenters. The maximum Gasteiger partial charge on any atom is 0.174 e. The molecular formula is C15H20N2O3. The number of ether oxygens (including phenoxy) is 2. The Kier molecular flexibility index (Phi) is 5.43. The van der Waals surface area contributed by atoms with Crippen molar-refractivity contribution in [2.24, 2.45) is 0 Å². The van der Waals surface area contributed by atoms with Gasteiger partial charge in [0.05, 0.1) is 12.8 Å². The van der Waals surface area contributed by atoms with Crippen LogP contribution >= 0.6 is 0 Å². The normalized spacial score (nSPS) is 10.5. The summed E-state index contributed by atoms with van der Waals surface area (Å²) in [5, 5.41) is 6.78. The number of benzene rings is 1.